The Morgan fingerprint density at radius 3 is 2.10 bits per heavy atom. The molecule has 2 aromatic rings. The van der Waals surface area contributed by atoms with Crippen molar-refractivity contribution in [2.75, 3.05) is 0 Å². The number of carbonyl (C=O) groups is 1. The van der Waals surface area contributed by atoms with E-state index in [2.05, 4.69) is 63.7 Å². The molecule has 0 fully saturated rings. The molecule has 0 aliphatic rings. The van der Waals surface area contributed by atoms with Crippen LogP contribution in [0.3, 0.4) is 0 Å². The Morgan fingerprint density at radius 1 is 0.900 bits per heavy atom. The van der Waals surface area contributed by atoms with Gasteiger partial charge in [-0.3, -0.25) is 4.79 Å². The molecule has 0 amide bonds. The van der Waals surface area contributed by atoms with Crippen LogP contribution in [0.5, 0.6) is 0 Å². The largest absolute Gasteiger partial charge is 0.293 e. The molecule has 2 rings (SSSR count). The second-order valence-corrected chi connectivity index (χ2v) is 8.04. The monoisotopic (exact) mass is 522 g/mol. The zero-order valence-electron chi connectivity index (χ0n) is 10.2. The molecule has 104 valence electrons. The average molecular weight is 526 g/mol. The third-order valence-corrected chi connectivity index (χ3v) is 6.48. The lowest BCUT2D eigenvalue weighted by atomic mass is 10.0. The molecule has 0 radical (unpaired) electrons. The van der Waals surface area contributed by atoms with Gasteiger partial charge in [0.1, 0.15) is 0 Å². The molecule has 0 spiro atoms. The van der Waals surface area contributed by atoms with E-state index < -0.39 is 0 Å². The molecule has 0 heterocycles. The fourth-order valence-electron chi connectivity index (χ4n) is 1.78. The van der Waals surface area contributed by atoms with Gasteiger partial charge < -0.3 is 0 Å². The van der Waals surface area contributed by atoms with Gasteiger partial charge in [0.05, 0.1) is 9.65 Å². The van der Waals surface area contributed by atoms with Crippen molar-refractivity contribution in [1.82, 2.24) is 0 Å². The van der Waals surface area contributed by atoms with Crippen LogP contribution in [0.1, 0.15) is 20.7 Å². The molecule has 0 bridgehead atoms. The molecule has 5 heteroatoms. The van der Waals surface area contributed by atoms with Gasteiger partial charge in [0.25, 0.3) is 0 Å². The van der Waals surface area contributed by atoms with E-state index in [1.807, 2.05) is 48.5 Å². The maximum absolute atomic E-state index is 12.5. The first kappa shape index (κ1) is 16.4. The summed E-state index contributed by atoms with van der Waals surface area (Å²) in [5.74, 6) is 0.0492. The van der Waals surface area contributed by atoms with E-state index >= 15 is 0 Å². The minimum atomic E-state index is -0.328. The molecule has 0 saturated heterocycles. The van der Waals surface area contributed by atoms with Crippen molar-refractivity contribution in [2.45, 2.75) is 9.65 Å². The van der Waals surface area contributed by atoms with E-state index in [-0.39, 0.29) is 15.4 Å². The molecule has 2 aromatic carbocycles. The Labute approximate surface area is 151 Å². The van der Waals surface area contributed by atoms with Gasteiger partial charge in [0.2, 0.25) is 0 Å². The van der Waals surface area contributed by atoms with Gasteiger partial charge in [-0.15, -0.1) is 0 Å². The first-order valence-corrected chi connectivity index (χ1v) is 9.24. The van der Waals surface area contributed by atoms with Crippen LogP contribution < -0.4 is 0 Å². The third kappa shape index (κ3) is 4.03. The Kier molecular flexibility index (Phi) is 6.02. The van der Waals surface area contributed by atoms with Gasteiger partial charge >= 0.3 is 0 Å². The van der Waals surface area contributed by atoms with Crippen LogP contribution in [0.4, 0.5) is 0 Å². The molecule has 2 atom stereocenters. The van der Waals surface area contributed by atoms with Crippen molar-refractivity contribution in [3.8, 4) is 0 Å². The average Bonchev–Trinajstić information content (AvgIpc) is 2.45. The van der Waals surface area contributed by atoms with Crippen molar-refractivity contribution >= 4 is 69.5 Å². The smallest absolute Gasteiger partial charge is 0.177 e. The second kappa shape index (κ2) is 7.34. The van der Waals surface area contributed by atoms with Crippen LogP contribution in [0.2, 0.25) is 0 Å². The van der Waals surface area contributed by atoms with Crippen molar-refractivity contribution in [3.63, 3.8) is 0 Å². The molecule has 0 saturated carbocycles. The minimum Gasteiger partial charge on any atom is -0.293 e. The highest BCUT2D eigenvalue weighted by Gasteiger charge is 2.26. The Bertz CT molecular complexity index is 627. The van der Waals surface area contributed by atoms with Crippen molar-refractivity contribution in [1.29, 1.82) is 0 Å². The standard InChI is InChI=1S/C15H10Br4O/c16-11-5-1-3-9(7-11)13(18)14(19)15(20)10-4-2-6-12(17)8-10/h1-8,13-14H/t13-,14-/m0/s1. The summed E-state index contributed by atoms with van der Waals surface area (Å²) in [6.45, 7) is 0. The molecule has 0 unspecified atom stereocenters. The summed E-state index contributed by atoms with van der Waals surface area (Å²) in [5.41, 5.74) is 1.73. The van der Waals surface area contributed by atoms with Gasteiger partial charge in [-0.25, -0.2) is 0 Å². The number of hydrogen-bond donors (Lipinski definition) is 0. The summed E-state index contributed by atoms with van der Waals surface area (Å²) in [4.78, 5) is 12.1. The topological polar surface area (TPSA) is 17.1 Å². The number of Topliss-reactive ketones (excluding diaryl/α,β-unsaturated/α-hetero) is 1. The van der Waals surface area contributed by atoms with Gasteiger partial charge in [0.15, 0.2) is 5.78 Å². The molecule has 0 N–H and O–H groups in total. The highest BCUT2D eigenvalue weighted by atomic mass is 79.9. The summed E-state index contributed by atoms with van der Waals surface area (Å²) in [6.07, 6.45) is 0. The number of rotatable bonds is 4. The van der Waals surface area contributed by atoms with Crippen molar-refractivity contribution < 1.29 is 4.79 Å². The molecule has 1 nitrogen and oxygen atoms in total. The van der Waals surface area contributed by atoms with Gasteiger partial charge in [-0.05, 0) is 29.8 Å². The molecule has 0 aliphatic heterocycles. The number of benzene rings is 2. The fourth-order valence-corrected chi connectivity index (χ4v) is 3.69. The first-order valence-electron chi connectivity index (χ1n) is 5.82. The van der Waals surface area contributed by atoms with Crippen LogP contribution in [0, 0.1) is 0 Å². The van der Waals surface area contributed by atoms with E-state index in [1.54, 1.807) is 0 Å². The summed E-state index contributed by atoms with van der Waals surface area (Å²) in [5, 5.41) is 0. The number of halogens is 4. The second-order valence-electron chi connectivity index (χ2n) is 4.23. The quantitative estimate of drug-likeness (QED) is 0.338. The number of hydrogen-bond acceptors (Lipinski definition) is 1. The zero-order chi connectivity index (χ0) is 14.7. The fraction of sp³-hybridized carbons (Fsp3) is 0.133. The van der Waals surface area contributed by atoms with Crippen molar-refractivity contribution in [2.24, 2.45) is 0 Å². The summed E-state index contributed by atoms with van der Waals surface area (Å²) >= 11 is 13.9. The number of alkyl halides is 2. The third-order valence-electron chi connectivity index (χ3n) is 2.78. The van der Waals surface area contributed by atoms with Gasteiger partial charge in [0, 0.05) is 14.5 Å². The van der Waals surface area contributed by atoms with E-state index in [0.29, 0.717) is 5.56 Å². The highest BCUT2D eigenvalue weighted by Crippen LogP contribution is 2.34. The lowest BCUT2D eigenvalue weighted by Crippen LogP contribution is -2.19. The summed E-state index contributed by atoms with van der Waals surface area (Å²) in [7, 11) is 0. The van der Waals surface area contributed by atoms with E-state index in [0.717, 1.165) is 14.5 Å². The number of ketones is 1. The highest BCUT2D eigenvalue weighted by molar-refractivity contribution is 9.12. The predicted molar refractivity (Wildman–Crippen MR) is 97.0 cm³/mol. The first-order chi connectivity index (χ1) is 9.49. The lowest BCUT2D eigenvalue weighted by molar-refractivity contribution is 0.0991. The van der Waals surface area contributed by atoms with E-state index in [9.17, 15) is 4.79 Å². The van der Waals surface area contributed by atoms with E-state index in [1.165, 1.54) is 0 Å². The normalized spacial score (nSPS) is 13.8. The molecule has 20 heavy (non-hydrogen) atoms. The summed E-state index contributed by atoms with van der Waals surface area (Å²) in [6, 6.07) is 15.3. The van der Waals surface area contributed by atoms with Crippen molar-refractivity contribution in [3.05, 3.63) is 68.6 Å². The van der Waals surface area contributed by atoms with Crippen LogP contribution in [-0.2, 0) is 0 Å². The zero-order valence-corrected chi connectivity index (χ0v) is 16.5. The Morgan fingerprint density at radius 2 is 1.50 bits per heavy atom. The van der Waals surface area contributed by atoms with Crippen LogP contribution in [0.15, 0.2) is 57.5 Å². The number of carbonyl (C=O) groups excluding carboxylic acids is 1. The SMILES string of the molecule is O=C(c1cccc(Br)c1)[C@@H](Br)[C@@H](Br)c1cccc(Br)c1. The van der Waals surface area contributed by atoms with Crippen LogP contribution >= 0.6 is 63.7 Å². The van der Waals surface area contributed by atoms with Gasteiger partial charge in [-0.1, -0.05) is 88.0 Å². The summed E-state index contributed by atoms with van der Waals surface area (Å²) < 4.78 is 1.89. The van der Waals surface area contributed by atoms with Gasteiger partial charge in [-0.2, -0.15) is 0 Å². The molecular weight excluding hydrogens is 516 g/mol. The maximum Gasteiger partial charge on any atom is 0.177 e. The predicted octanol–water partition coefficient (Wildman–Crippen LogP) is 6.29. The van der Waals surface area contributed by atoms with Crippen LogP contribution in [-0.4, -0.2) is 10.6 Å². The van der Waals surface area contributed by atoms with Crippen LogP contribution in [0.25, 0.3) is 0 Å². The molecular formula is C15H10Br4O. The van der Waals surface area contributed by atoms with E-state index in [4.69, 9.17) is 0 Å². The molecule has 0 aliphatic carbocycles. The Hall–Kier alpha value is 0.0300. The minimum absolute atomic E-state index is 0.0492. The molecule has 0 aromatic heterocycles. The maximum atomic E-state index is 12.5. The lowest BCUT2D eigenvalue weighted by Gasteiger charge is -2.16. The Balaban J connectivity index is 2.22.